The van der Waals surface area contributed by atoms with Crippen LogP contribution in [0.1, 0.15) is 21.5 Å². The Morgan fingerprint density at radius 1 is 0.964 bits per heavy atom. The van der Waals surface area contributed by atoms with Gasteiger partial charge in [-0.15, -0.1) is 0 Å². The van der Waals surface area contributed by atoms with Gasteiger partial charge in [-0.25, -0.2) is 12.7 Å². The van der Waals surface area contributed by atoms with Crippen molar-refractivity contribution in [1.29, 1.82) is 0 Å². The van der Waals surface area contributed by atoms with Gasteiger partial charge < -0.3 is 4.90 Å². The Morgan fingerprint density at radius 3 is 2.14 bits per heavy atom. The highest BCUT2D eigenvalue weighted by Gasteiger charge is 2.23. The highest BCUT2D eigenvalue weighted by Crippen LogP contribution is 2.17. The lowest BCUT2D eigenvalue weighted by atomic mass is 10.1. The molecule has 1 saturated heterocycles. The summed E-state index contributed by atoms with van der Waals surface area (Å²) in [6.45, 7) is 6.01. The smallest absolute Gasteiger partial charge is 0.253 e. The van der Waals surface area contributed by atoms with Crippen LogP contribution < -0.4 is 0 Å². The predicted molar refractivity (Wildman–Crippen MR) is 110 cm³/mol. The molecule has 1 fully saturated rings. The first-order valence-corrected chi connectivity index (χ1v) is 10.8. The third kappa shape index (κ3) is 4.43. The van der Waals surface area contributed by atoms with Crippen LogP contribution in [0.25, 0.3) is 0 Å². The second-order valence-corrected chi connectivity index (χ2v) is 9.46. The average molecular weight is 402 g/mol. The molecule has 28 heavy (non-hydrogen) atoms. The molecule has 0 bridgehead atoms. The monoisotopic (exact) mass is 401 g/mol. The van der Waals surface area contributed by atoms with Crippen molar-refractivity contribution in [3.8, 4) is 0 Å². The van der Waals surface area contributed by atoms with Gasteiger partial charge in [-0.05, 0) is 42.3 Å². The van der Waals surface area contributed by atoms with E-state index in [1.54, 1.807) is 12.1 Å². The van der Waals surface area contributed by atoms with Crippen LogP contribution in [-0.4, -0.2) is 68.7 Å². The SMILES string of the molecule is Cc1ccccc1CN1CCN(C(=O)c2ccc(S(=O)(=O)N(C)C)cc2)CC1. The molecule has 7 heteroatoms. The number of hydrogen-bond acceptors (Lipinski definition) is 4. The Labute approximate surface area is 167 Å². The molecule has 1 amide bonds. The van der Waals surface area contributed by atoms with Crippen LogP contribution in [0.5, 0.6) is 0 Å². The fraction of sp³-hybridized carbons (Fsp3) is 0.381. The molecule has 6 nitrogen and oxygen atoms in total. The van der Waals surface area contributed by atoms with Crippen molar-refractivity contribution >= 4 is 15.9 Å². The number of benzene rings is 2. The van der Waals surface area contributed by atoms with Gasteiger partial charge in [0.25, 0.3) is 5.91 Å². The summed E-state index contributed by atoms with van der Waals surface area (Å²) < 4.78 is 25.5. The molecule has 0 aliphatic carbocycles. The van der Waals surface area contributed by atoms with Gasteiger partial charge >= 0.3 is 0 Å². The number of nitrogens with zero attached hydrogens (tertiary/aromatic N) is 3. The number of piperazine rings is 1. The highest BCUT2D eigenvalue weighted by molar-refractivity contribution is 7.89. The van der Waals surface area contributed by atoms with E-state index in [-0.39, 0.29) is 10.8 Å². The van der Waals surface area contributed by atoms with E-state index in [9.17, 15) is 13.2 Å². The lowest BCUT2D eigenvalue weighted by molar-refractivity contribution is 0.0628. The summed E-state index contributed by atoms with van der Waals surface area (Å²) in [5.74, 6) is -0.0515. The van der Waals surface area contributed by atoms with E-state index >= 15 is 0 Å². The summed E-state index contributed by atoms with van der Waals surface area (Å²) in [6, 6.07) is 14.6. The third-order valence-electron chi connectivity index (χ3n) is 5.19. The van der Waals surface area contributed by atoms with E-state index in [1.165, 1.54) is 37.4 Å². The molecular weight excluding hydrogens is 374 g/mol. The standard InChI is InChI=1S/C21H27N3O3S/c1-17-6-4-5-7-19(17)16-23-12-14-24(15-13-23)21(25)18-8-10-20(11-9-18)28(26,27)22(2)3/h4-11H,12-16H2,1-3H3. The van der Waals surface area contributed by atoms with Gasteiger partial charge in [0.2, 0.25) is 10.0 Å². The van der Waals surface area contributed by atoms with E-state index in [0.717, 1.165) is 23.9 Å². The Balaban J connectivity index is 1.60. The molecule has 0 radical (unpaired) electrons. The van der Waals surface area contributed by atoms with Crippen molar-refractivity contribution in [2.24, 2.45) is 0 Å². The lowest BCUT2D eigenvalue weighted by Crippen LogP contribution is -2.48. The van der Waals surface area contributed by atoms with Gasteiger partial charge in [0, 0.05) is 52.4 Å². The Bertz CT molecular complexity index is 932. The molecule has 1 aliphatic rings. The molecule has 0 spiro atoms. The van der Waals surface area contributed by atoms with Crippen LogP contribution >= 0.6 is 0 Å². The number of carbonyl (C=O) groups excluding carboxylic acids is 1. The Morgan fingerprint density at radius 2 is 1.57 bits per heavy atom. The predicted octanol–water partition coefficient (Wildman–Crippen LogP) is 2.20. The fourth-order valence-electron chi connectivity index (χ4n) is 3.30. The van der Waals surface area contributed by atoms with Crippen LogP contribution in [0.3, 0.4) is 0 Å². The summed E-state index contributed by atoms with van der Waals surface area (Å²) >= 11 is 0. The summed E-state index contributed by atoms with van der Waals surface area (Å²) in [4.78, 5) is 17.2. The van der Waals surface area contributed by atoms with E-state index < -0.39 is 10.0 Å². The van der Waals surface area contributed by atoms with Gasteiger partial charge in [-0.2, -0.15) is 0 Å². The number of rotatable bonds is 5. The Kier molecular flexibility index (Phi) is 6.17. The van der Waals surface area contributed by atoms with Crippen LogP contribution in [0.15, 0.2) is 53.4 Å². The second kappa shape index (κ2) is 8.43. The number of sulfonamides is 1. The van der Waals surface area contributed by atoms with E-state index in [1.807, 2.05) is 11.0 Å². The van der Waals surface area contributed by atoms with Crippen LogP contribution in [-0.2, 0) is 16.6 Å². The van der Waals surface area contributed by atoms with E-state index in [2.05, 4.69) is 30.0 Å². The zero-order chi connectivity index (χ0) is 20.3. The molecular formula is C21H27N3O3S. The molecule has 0 N–H and O–H groups in total. The quantitative estimate of drug-likeness (QED) is 0.771. The van der Waals surface area contributed by atoms with Crippen molar-refractivity contribution < 1.29 is 13.2 Å². The average Bonchev–Trinajstić information content (AvgIpc) is 2.70. The largest absolute Gasteiger partial charge is 0.336 e. The second-order valence-electron chi connectivity index (χ2n) is 7.31. The summed E-state index contributed by atoms with van der Waals surface area (Å²) in [7, 11) is -0.501. The normalized spacial score (nSPS) is 15.8. The minimum absolute atomic E-state index is 0.0515. The van der Waals surface area contributed by atoms with E-state index in [4.69, 9.17) is 0 Å². The lowest BCUT2D eigenvalue weighted by Gasteiger charge is -2.35. The first-order valence-electron chi connectivity index (χ1n) is 9.38. The number of aryl methyl sites for hydroxylation is 1. The maximum Gasteiger partial charge on any atom is 0.253 e. The zero-order valence-corrected chi connectivity index (χ0v) is 17.4. The molecule has 1 heterocycles. The first kappa shape index (κ1) is 20.5. The van der Waals surface area contributed by atoms with Gasteiger partial charge in [-0.3, -0.25) is 9.69 Å². The molecule has 0 atom stereocenters. The summed E-state index contributed by atoms with van der Waals surface area (Å²) in [6.07, 6.45) is 0. The van der Waals surface area contributed by atoms with Crippen molar-refractivity contribution in [3.63, 3.8) is 0 Å². The fourth-order valence-corrected chi connectivity index (χ4v) is 4.20. The molecule has 2 aromatic carbocycles. The topological polar surface area (TPSA) is 60.9 Å². The Hall–Kier alpha value is -2.22. The minimum Gasteiger partial charge on any atom is -0.336 e. The number of hydrogen-bond donors (Lipinski definition) is 0. The maximum atomic E-state index is 12.8. The zero-order valence-electron chi connectivity index (χ0n) is 16.6. The highest BCUT2D eigenvalue weighted by atomic mass is 32.2. The van der Waals surface area contributed by atoms with Gasteiger partial charge in [0.1, 0.15) is 0 Å². The molecule has 0 saturated carbocycles. The number of amides is 1. The minimum atomic E-state index is -3.48. The molecule has 2 aromatic rings. The molecule has 0 unspecified atom stereocenters. The number of carbonyl (C=O) groups is 1. The maximum absolute atomic E-state index is 12.8. The first-order chi connectivity index (χ1) is 13.3. The molecule has 1 aliphatic heterocycles. The molecule has 150 valence electrons. The van der Waals surface area contributed by atoms with Crippen molar-refractivity contribution in [2.45, 2.75) is 18.4 Å². The van der Waals surface area contributed by atoms with Crippen molar-refractivity contribution in [1.82, 2.24) is 14.1 Å². The summed E-state index contributed by atoms with van der Waals surface area (Å²) in [5, 5.41) is 0. The van der Waals surface area contributed by atoms with Crippen LogP contribution in [0.2, 0.25) is 0 Å². The summed E-state index contributed by atoms with van der Waals surface area (Å²) in [5.41, 5.74) is 3.12. The van der Waals surface area contributed by atoms with Gasteiger partial charge in [-0.1, -0.05) is 24.3 Å². The van der Waals surface area contributed by atoms with Crippen LogP contribution in [0.4, 0.5) is 0 Å². The van der Waals surface area contributed by atoms with E-state index in [0.29, 0.717) is 18.7 Å². The third-order valence-corrected chi connectivity index (χ3v) is 7.02. The van der Waals surface area contributed by atoms with Crippen LogP contribution in [0, 0.1) is 6.92 Å². The van der Waals surface area contributed by atoms with Crippen molar-refractivity contribution in [3.05, 3.63) is 65.2 Å². The van der Waals surface area contributed by atoms with Crippen molar-refractivity contribution in [2.75, 3.05) is 40.3 Å². The molecule has 0 aromatic heterocycles. The molecule has 3 rings (SSSR count). The van der Waals surface area contributed by atoms with Gasteiger partial charge in [0.15, 0.2) is 0 Å². The van der Waals surface area contributed by atoms with Gasteiger partial charge in [0.05, 0.1) is 4.90 Å².